The number of pyridine rings is 1. The van der Waals surface area contributed by atoms with Crippen molar-refractivity contribution in [1.82, 2.24) is 10.3 Å². The molecule has 1 fully saturated rings. The number of benzene rings is 1. The summed E-state index contributed by atoms with van der Waals surface area (Å²) < 4.78 is 6.34. The molecule has 6 nitrogen and oxygen atoms in total. The molecule has 0 unspecified atom stereocenters. The molecule has 32 heavy (non-hydrogen) atoms. The van der Waals surface area contributed by atoms with Gasteiger partial charge in [-0.05, 0) is 75.6 Å². The van der Waals surface area contributed by atoms with E-state index in [1.807, 2.05) is 13.0 Å². The SMILES string of the molecule is Cc1cc2c(c(=O)[nH]1)CNC(=O)c1cc(Cl)cc(O[C@H]3CC[C@H](N)CC3)c1CC=CCC2. The highest BCUT2D eigenvalue weighted by Crippen LogP contribution is 2.32. The molecule has 1 aliphatic heterocycles. The number of hydrogen-bond donors (Lipinski definition) is 3. The molecule has 7 heteroatoms. The molecule has 170 valence electrons. The minimum Gasteiger partial charge on any atom is -0.490 e. The molecule has 4 rings (SSSR count). The van der Waals surface area contributed by atoms with Gasteiger partial charge in [0, 0.05) is 40.0 Å². The lowest BCUT2D eigenvalue weighted by Gasteiger charge is -2.28. The lowest BCUT2D eigenvalue weighted by atomic mass is 9.93. The van der Waals surface area contributed by atoms with E-state index in [9.17, 15) is 9.59 Å². The van der Waals surface area contributed by atoms with Crippen molar-refractivity contribution in [2.45, 2.75) is 70.6 Å². The van der Waals surface area contributed by atoms with Crippen LogP contribution in [0.1, 0.15) is 64.8 Å². The summed E-state index contributed by atoms with van der Waals surface area (Å²) in [6.45, 7) is 2.03. The fraction of sp³-hybridized carbons (Fsp3) is 0.440. The number of rotatable bonds is 2. The first-order chi connectivity index (χ1) is 15.4. The Morgan fingerprint density at radius 3 is 2.62 bits per heavy atom. The average Bonchev–Trinajstić information content (AvgIpc) is 2.74. The molecular formula is C25H30ClN3O3. The number of fused-ring (bicyclic) bond motifs is 2. The summed E-state index contributed by atoms with van der Waals surface area (Å²) in [6.07, 6.45) is 10.00. The van der Waals surface area contributed by atoms with Gasteiger partial charge in [0.25, 0.3) is 11.5 Å². The predicted octanol–water partition coefficient (Wildman–Crippen LogP) is 3.96. The van der Waals surface area contributed by atoms with Crippen molar-refractivity contribution in [1.29, 1.82) is 0 Å². The van der Waals surface area contributed by atoms with Crippen LogP contribution in [0.25, 0.3) is 0 Å². The molecule has 0 radical (unpaired) electrons. The van der Waals surface area contributed by atoms with Crippen LogP contribution in [0.2, 0.25) is 5.02 Å². The first-order valence-electron chi connectivity index (χ1n) is 11.3. The normalized spacial score (nSPS) is 21.5. The van der Waals surface area contributed by atoms with Gasteiger partial charge in [0.15, 0.2) is 0 Å². The maximum Gasteiger partial charge on any atom is 0.253 e. The quantitative estimate of drug-likeness (QED) is 0.597. The maximum absolute atomic E-state index is 13.2. The van der Waals surface area contributed by atoms with Crippen LogP contribution in [0.15, 0.2) is 35.1 Å². The van der Waals surface area contributed by atoms with E-state index in [1.165, 1.54) is 0 Å². The summed E-state index contributed by atoms with van der Waals surface area (Å²) in [5, 5.41) is 3.37. The van der Waals surface area contributed by atoms with Gasteiger partial charge in [-0.25, -0.2) is 0 Å². The monoisotopic (exact) mass is 455 g/mol. The van der Waals surface area contributed by atoms with Gasteiger partial charge in [-0.2, -0.15) is 0 Å². The van der Waals surface area contributed by atoms with Crippen LogP contribution >= 0.6 is 11.6 Å². The van der Waals surface area contributed by atoms with Gasteiger partial charge >= 0.3 is 0 Å². The van der Waals surface area contributed by atoms with E-state index < -0.39 is 0 Å². The standard InChI is InChI=1S/C25H30ClN3O3/c1-15-11-16-5-3-2-4-6-20-21(24(30)28-14-22(16)25(31)29-15)12-17(26)13-23(20)32-19-9-7-18(27)8-10-19/h2,4,11-13,18-19H,3,5-10,14,27H2,1H3,(H,28,30)(H,29,31)/t18-,19-. The second kappa shape index (κ2) is 9.92. The van der Waals surface area contributed by atoms with Crippen LogP contribution in [-0.4, -0.2) is 23.0 Å². The van der Waals surface area contributed by atoms with E-state index in [-0.39, 0.29) is 30.2 Å². The number of ether oxygens (including phenoxy) is 1. The highest BCUT2D eigenvalue weighted by molar-refractivity contribution is 6.31. The number of H-pyrrole nitrogens is 1. The Hall–Kier alpha value is -2.57. The van der Waals surface area contributed by atoms with Gasteiger partial charge in [0.2, 0.25) is 0 Å². The summed E-state index contributed by atoms with van der Waals surface area (Å²) in [4.78, 5) is 28.5. The molecule has 0 spiro atoms. The summed E-state index contributed by atoms with van der Waals surface area (Å²) >= 11 is 6.38. The molecule has 2 heterocycles. The van der Waals surface area contributed by atoms with E-state index in [0.717, 1.165) is 55.3 Å². The highest BCUT2D eigenvalue weighted by Gasteiger charge is 2.23. The fourth-order valence-electron chi connectivity index (χ4n) is 4.54. The Bertz CT molecular complexity index is 1080. The Balaban J connectivity index is 1.66. The molecule has 0 saturated heterocycles. The van der Waals surface area contributed by atoms with Crippen molar-refractivity contribution in [3.63, 3.8) is 0 Å². The lowest BCUT2D eigenvalue weighted by molar-refractivity contribution is 0.0948. The molecule has 1 amide bonds. The van der Waals surface area contributed by atoms with Crippen molar-refractivity contribution in [3.8, 4) is 5.75 Å². The summed E-state index contributed by atoms with van der Waals surface area (Å²) in [7, 11) is 0. The first kappa shape index (κ1) is 22.6. The number of aryl methyl sites for hydroxylation is 2. The van der Waals surface area contributed by atoms with Crippen LogP contribution in [0.4, 0.5) is 0 Å². The van der Waals surface area contributed by atoms with Gasteiger partial charge in [-0.3, -0.25) is 9.59 Å². The zero-order valence-corrected chi connectivity index (χ0v) is 19.1. The third-order valence-electron chi connectivity index (χ3n) is 6.29. The Kier molecular flexibility index (Phi) is 7.01. The van der Waals surface area contributed by atoms with Crippen LogP contribution < -0.4 is 21.3 Å². The first-order valence-corrected chi connectivity index (χ1v) is 11.7. The Morgan fingerprint density at radius 2 is 1.84 bits per heavy atom. The minimum atomic E-state index is -0.266. The number of amides is 1. The number of nitrogens with one attached hydrogen (secondary N) is 2. The number of allylic oxidation sites excluding steroid dienone is 2. The predicted molar refractivity (Wildman–Crippen MR) is 126 cm³/mol. The van der Waals surface area contributed by atoms with E-state index in [4.69, 9.17) is 22.1 Å². The van der Waals surface area contributed by atoms with E-state index in [1.54, 1.807) is 12.1 Å². The largest absolute Gasteiger partial charge is 0.490 e. The molecule has 2 aliphatic rings. The second-order valence-corrected chi connectivity index (χ2v) is 9.20. The van der Waals surface area contributed by atoms with E-state index in [0.29, 0.717) is 28.3 Å². The third kappa shape index (κ3) is 5.25. The lowest BCUT2D eigenvalue weighted by Crippen LogP contribution is -2.32. The summed E-state index contributed by atoms with van der Waals surface area (Å²) in [5.41, 5.74) is 9.54. The fourth-order valence-corrected chi connectivity index (χ4v) is 4.75. The van der Waals surface area contributed by atoms with Crippen LogP contribution in [0.5, 0.6) is 5.75 Å². The van der Waals surface area contributed by atoms with E-state index in [2.05, 4.69) is 22.5 Å². The van der Waals surface area contributed by atoms with Crippen LogP contribution in [-0.2, 0) is 19.4 Å². The molecule has 0 bridgehead atoms. The summed E-state index contributed by atoms with van der Waals surface area (Å²) in [6, 6.07) is 5.69. The van der Waals surface area contributed by atoms with Crippen molar-refractivity contribution >= 4 is 17.5 Å². The Labute approximate surface area is 193 Å². The Morgan fingerprint density at radius 1 is 1.06 bits per heavy atom. The van der Waals surface area contributed by atoms with Crippen molar-refractivity contribution in [3.05, 3.63) is 73.7 Å². The number of halogens is 1. The van der Waals surface area contributed by atoms with Gasteiger partial charge < -0.3 is 20.8 Å². The zero-order valence-electron chi connectivity index (χ0n) is 18.4. The highest BCUT2D eigenvalue weighted by atomic mass is 35.5. The summed E-state index contributed by atoms with van der Waals surface area (Å²) in [5.74, 6) is 0.386. The van der Waals surface area contributed by atoms with Gasteiger partial charge in [0.1, 0.15) is 5.75 Å². The molecule has 0 atom stereocenters. The number of aromatic amines is 1. The third-order valence-corrected chi connectivity index (χ3v) is 6.51. The smallest absolute Gasteiger partial charge is 0.253 e. The van der Waals surface area contributed by atoms with Crippen molar-refractivity contribution in [2.24, 2.45) is 5.73 Å². The van der Waals surface area contributed by atoms with E-state index >= 15 is 0 Å². The number of hydrogen-bond acceptors (Lipinski definition) is 4. The number of nitrogens with two attached hydrogens (primary N) is 1. The average molecular weight is 456 g/mol. The number of carbonyl (C=O) groups excluding carboxylic acids is 1. The molecule has 1 aliphatic carbocycles. The maximum atomic E-state index is 13.2. The topological polar surface area (TPSA) is 97.2 Å². The molecule has 1 saturated carbocycles. The number of carbonyl (C=O) groups is 1. The second-order valence-electron chi connectivity index (χ2n) is 8.77. The molecule has 1 aromatic carbocycles. The van der Waals surface area contributed by atoms with Gasteiger partial charge in [-0.15, -0.1) is 0 Å². The van der Waals surface area contributed by atoms with Crippen molar-refractivity contribution < 1.29 is 9.53 Å². The zero-order chi connectivity index (χ0) is 22.7. The van der Waals surface area contributed by atoms with Gasteiger partial charge in [-0.1, -0.05) is 23.8 Å². The molecule has 4 N–H and O–H groups in total. The number of aromatic nitrogens is 1. The van der Waals surface area contributed by atoms with Crippen molar-refractivity contribution in [2.75, 3.05) is 0 Å². The van der Waals surface area contributed by atoms with Crippen LogP contribution in [0, 0.1) is 6.92 Å². The molecular weight excluding hydrogens is 426 g/mol. The molecule has 1 aromatic heterocycles. The van der Waals surface area contributed by atoms with Gasteiger partial charge in [0.05, 0.1) is 6.10 Å². The molecule has 2 aromatic rings. The van der Waals surface area contributed by atoms with Crippen LogP contribution in [0.3, 0.4) is 0 Å². The minimum absolute atomic E-state index is 0.0690.